The van der Waals surface area contributed by atoms with E-state index in [0.717, 1.165) is 10.8 Å². The monoisotopic (exact) mass is 187 g/mol. The fourth-order valence-corrected chi connectivity index (χ4v) is 1.05. The Morgan fingerprint density at radius 1 is 1.75 bits per heavy atom. The normalized spacial score (nSPS) is 9.83. The van der Waals surface area contributed by atoms with Gasteiger partial charge in [-0.05, 0) is 6.42 Å². The van der Waals surface area contributed by atoms with Crippen LogP contribution in [0.25, 0.3) is 0 Å². The summed E-state index contributed by atoms with van der Waals surface area (Å²) < 4.78 is 2.48. The van der Waals surface area contributed by atoms with Crippen LogP contribution in [0.15, 0.2) is 18.7 Å². The Bertz CT molecular complexity index is 247. The second-order valence-corrected chi connectivity index (χ2v) is 2.75. The van der Waals surface area contributed by atoms with Gasteiger partial charge in [0, 0.05) is 30.7 Å². The smallest absolute Gasteiger partial charge is 0.257 e. The third-order valence-corrected chi connectivity index (χ3v) is 1.67. The van der Waals surface area contributed by atoms with Crippen molar-refractivity contribution in [1.82, 2.24) is 14.0 Å². The Hall–Kier alpha value is -1.03. The molecule has 0 aliphatic heterocycles. The number of carbonyl (C=O) groups excluding carboxylic acids is 1. The first-order valence-electron chi connectivity index (χ1n) is 3.71. The summed E-state index contributed by atoms with van der Waals surface area (Å²) in [5.41, 5.74) is 0. The molecular formula is C7H10ClN3O. The molecule has 0 aliphatic carbocycles. The number of amides is 1. The van der Waals surface area contributed by atoms with Crippen molar-refractivity contribution in [3.05, 3.63) is 18.7 Å². The molecule has 0 atom stereocenters. The third-order valence-electron chi connectivity index (χ3n) is 1.35. The summed E-state index contributed by atoms with van der Waals surface area (Å²) in [5, 5.41) is 0. The van der Waals surface area contributed by atoms with Crippen LogP contribution >= 0.6 is 11.8 Å². The van der Waals surface area contributed by atoms with Gasteiger partial charge in [-0.3, -0.25) is 4.57 Å². The molecule has 0 saturated heterocycles. The molecule has 0 fully saturated rings. The second-order valence-electron chi connectivity index (χ2n) is 2.34. The Morgan fingerprint density at radius 2 is 2.50 bits per heavy atom. The van der Waals surface area contributed by atoms with Crippen LogP contribution in [0.3, 0.4) is 0 Å². The van der Waals surface area contributed by atoms with Crippen molar-refractivity contribution in [2.45, 2.75) is 13.3 Å². The van der Waals surface area contributed by atoms with E-state index in [0.29, 0.717) is 6.54 Å². The lowest BCUT2D eigenvalue weighted by Crippen LogP contribution is -2.26. The van der Waals surface area contributed by atoms with E-state index in [1.54, 1.807) is 6.20 Å². The summed E-state index contributed by atoms with van der Waals surface area (Å²) in [6.45, 7) is 2.50. The molecule has 0 aliphatic rings. The van der Waals surface area contributed by atoms with E-state index >= 15 is 0 Å². The average Bonchev–Trinajstić information content (AvgIpc) is 2.55. The molecular weight excluding hydrogens is 178 g/mol. The fourth-order valence-electron chi connectivity index (χ4n) is 0.790. The molecule has 1 heterocycles. The number of aromatic nitrogens is 2. The van der Waals surface area contributed by atoms with Crippen molar-refractivity contribution in [2.75, 3.05) is 6.54 Å². The minimum absolute atomic E-state index is 0.268. The molecule has 4 nitrogen and oxygen atoms in total. The maximum Gasteiger partial charge on any atom is 0.343 e. The van der Waals surface area contributed by atoms with Gasteiger partial charge in [0.25, 0.3) is 0 Å². The van der Waals surface area contributed by atoms with Gasteiger partial charge in [0.05, 0.1) is 0 Å². The highest BCUT2D eigenvalue weighted by molar-refractivity contribution is 6.21. The van der Waals surface area contributed by atoms with Crippen LogP contribution in [0.4, 0.5) is 4.79 Å². The van der Waals surface area contributed by atoms with Gasteiger partial charge in [0.1, 0.15) is 6.33 Å². The van der Waals surface area contributed by atoms with Gasteiger partial charge in [-0.2, -0.15) is 0 Å². The zero-order chi connectivity index (χ0) is 8.97. The van der Waals surface area contributed by atoms with E-state index in [2.05, 4.69) is 4.98 Å². The van der Waals surface area contributed by atoms with Crippen molar-refractivity contribution in [2.24, 2.45) is 0 Å². The number of nitrogens with zero attached hydrogens (tertiary/aromatic N) is 3. The van der Waals surface area contributed by atoms with Crippen LogP contribution in [0.5, 0.6) is 0 Å². The summed E-state index contributed by atoms with van der Waals surface area (Å²) in [5.74, 6) is 0. The quantitative estimate of drug-likeness (QED) is 0.662. The maximum absolute atomic E-state index is 11.3. The summed E-state index contributed by atoms with van der Waals surface area (Å²) in [4.78, 5) is 15.1. The lowest BCUT2D eigenvalue weighted by molar-refractivity contribution is 0.226. The Labute approximate surface area is 75.9 Å². The minimum atomic E-state index is -0.268. The largest absolute Gasteiger partial charge is 0.343 e. The number of hydrogen-bond acceptors (Lipinski definition) is 2. The molecule has 1 amide bonds. The topological polar surface area (TPSA) is 38.1 Å². The third kappa shape index (κ3) is 1.98. The number of halogens is 1. The van der Waals surface area contributed by atoms with Crippen molar-refractivity contribution in [3.63, 3.8) is 0 Å². The molecule has 0 saturated carbocycles. The Morgan fingerprint density at radius 3 is 3.00 bits per heavy atom. The van der Waals surface area contributed by atoms with E-state index < -0.39 is 0 Å². The molecule has 66 valence electrons. The molecule has 0 radical (unpaired) electrons. The van der Waals surface area contributed by atoms with Gasteiger partial charge in [0.15, 0.2) is 0 Å². The van der Waals surface area contributed by atoms with Gasteiger partial charge in [0.2, 0.25) is 0 Å². The predicted molar refractivity (Wildman–Crippen MR) is 45.9 cm³/mol. The molecule has 12 heavy (non-hydrogen) atoms. The number of carbonyl (C=O) groups is 1. The van der Waals surface area contributed by atoms with Crippen molar-refractivity contribution in [3.8, 4) is 0 Å². The molecule has 5 heteroatoms. The second kappa shape index (κ2) is 4.11. The molecule has 0 spiro atoms. The van der Waals surface area contributed by atoms with E-state index in [9.17, 15) is 4.79 Å². The lowest BCUT2D eigenvalue weighted by atomic mass is 10.5. The minimum Gasteiger partial charge on any atom is -0.257 e. The molecule has 1 aromatic rings. The van der Waals surface area contributed by atoms with Gasteiger partial charge in [-0.1, -0.05) is 6.92 Å². The van der Waals surface area contributed by atoms with Crippen LogP contribution in [-0.2, 0) is 0 Å². The van der Waals surface area contributed by atoms with Gasteiger partial charge >= 0.3 is 6.03 Å². The summed E-state index contributed by atoms with van der Waals surface area (Å²) >= 11 is 5.66. The van der Waals surface area contributed by atoms with Crippen molar-refractivity contribution < 1.29 is 4.79 Å². The zero-order valence-corrected chi connectivity index (χ0v) is 7.53. The van der Waals surface area contributed by atoms with E-state index in [-0.39, 0.29) is 6.03 Å². The van der Waals surface area contributed by atoms with Gasteiger partial charge in [-0.15, -0.1) is 0 Å². The first-order valence-corrected chi connectivity index (χ1v) is 4.05. The molecule has 0 N–H and O–H groups in total. The van der Waals surface area contributed by atoms with E-state index in [1.807, 2.05) is 6.92 Å². The molecule has 1 rings (SSSR count). The van der Waals surface area contributed by atoms with Crippen molar-refractivity contribution in [1.29, 1.82) is 0 Å². The van der Waals surface area contributed by atoms with Gasteiger partial charge < -0.3 is 0 Å². The number of rotatable bonds is 2. The summed E-state index contributed by atoms with van der Waals surface area (Å²) in [6.07, 6.45) is 5.36. The first-order chi connectivity index (χ1) is 5.75. The van der Waals surface area contributed by atoms with Crippen LogP contribution in [0.2, 0.25) is 0 Å². The molecule has 1 aromatic heterocycles. The first kappa shape index (κ1) is 9.06. The standard InChI is InChI=1S/C7H10ClN3O/c1-2-4-11(8)7(12)10-5-3-9-6-10/h3,5-6H,2,4H2,1H3. The highest BCUT2D eigenvalue weighted by Crippen LogP contribution is 2.00. The maximum atomic E-state index is 11.3. The average molecular weight is 188 g/mol. The highest BCUT2D eigenvalue weighted by atomic mass is 35.5. The zero-order valence-electron chi connectivity index (χ0n) is 6.77. The Kier molecular flexibility index (Phi) is 3.10. The van der Waals surface area contributed by atoms with Crippen LogP contribution in [0, 0.1) is 0 Å². The molecule has 0 unspecified atom stereocenters. The van der Waals surface area contributed by atoms with Gasteiger partial charge in [-0.25, -0.2) is 14.2 Å². The molecule has 0 aromatic carbocycles. The SMILES string of the molecule is CCCN(Cl)C(=O)n1ccnc1. The fraction of sp³-hybridized carbons (Fsp3) is 0.429. The molecule has 0 bridgehead atoms. The lowest BCUT2D eigenvalue weighted by Gasteiger charge is -2.11. The van der Waals surface area contributed by atoms with E-state index in [1.165, 1.54) is 17.1 Å². The van der Waals surface area contributed by atoms with Crippen molar-refractivity contribution >= 4 is 17.8 Å². The summed E-state index contributed by atoms with van der Waals surface area (Å²) in [7, 11) is 0. The highest BCUT2D eigenvalue weighted by Gasteiger charge is 2.10. The van der Waals surface area contributed by atoms with Crippen LogP contribution < -0.4 is 0 Å². The van der Waals surface area contributed by atoms with Crippen LogP contribution in [-0.4, -0.2) is 26.5 Å². The summed E-state index contributed by atoms with van der Waals surface area (Å²) in [6, 6.07) is -0.268. The Balaban J connectivity index is 2.59. The predicted octanol–water partition coefficient (Wildman–Crippen LogP) is 1.72. The number of imidazole rings is 1. The number of hydrogen-bond donors (Lipinski definition) is 0. The van der Waals surface area contributed by atoms with Crippen LogP contribution in [0.1, 0.15) is 13.3 Å². The van der Waals surface area contributed by atoms with E-state index in [4.69, 9.17) is 11.8 Å².